The van der Waals surface area contributed by atoms with Gasteiger partial charge in [-0.25, -0.2) is 9.37 Å². The molecule has 0 aliphatic heterocycles. The Bertz CT molecular complexity index is 664. The molecule has 0 saturated heterocycles. The van der Waals surface area contributed by atoms with Crippen molar-refractivity contribution in [3.63, 3.8) is 0 Å². The highest BCUT2D eigenvalue weighted by Gasteiger charge is 2.04. The van der Waals surface area contributed by atoms with E-state index < -0.39 is 0 Å². The molecule has 0 radical (unpaired) electrons. The van der Waals surface area contributed by atoms with E-state index in [4.69, 9.17) is 0 Å². The van der Waals surface area contributed by atoms with Gasteiger partial charge in [-0.2, -0.15) is 10.1 Å². The highest BCUT2D eigenvalue weighted by atomic mass is 19.1. The van der Waals surface area contributed by atoms with E-state index in [9.17, 15) is 4.39 Å². The summed E-state index contributed by atoms with van der Waals surface area (Å²) < 4.78 is 13.4. The fourth-order valence-electron chi connectivity index (χ4n) is 1.48. The molecule has 3 aromatic rings. The highest BCUT2D eigenvalue weighted by Crippen LogP contribution is 2.17. The van der Waals surface area contributed by atoms with Gasteiger partial charge < -0.3 is 5.32 Å². The van der Waals surface area contributed by atoms with Crippen molar-refractivity contribution < 1.29 is 4.39 Å². The Kier molecular flexibility index (Phi) is 2.18. The van der Waals surface area contributed by atoms with Crippen molar-refractivity contribution in [1.82, 2.24) is 20.2 Å². The van der Waals surface area contributed by atoms with Crippen LogP contribution >= 0.6 is 0 Å². The van der Waals surface area contributed by atoms with Crippen LogP contribution in [0.4, 0.5) is 16.0 Å². The van der Waals surface area contributed by atoms with E-state index in [0.29, 0.717) is 17.3 Å². The molecule has 17 heavy (non-hydrogen) atoms. The van der Waals surface area contributed by atoms with Crippen LogP contribution in [0.25, 0.3) is 11.0 Å². The molecule has 0 bridgehead atoms. The molecule has 3 rings (SSSR count). The number of hydrogen-bond donors (Lipinski definition) is 2. The fourth-order valence-corrected chi connectivity index (χ4v) is 1.48. The largest absolute Gasteiger partial charge is 0.322 e. The Labute approximate surface area is 95.7 Å². The second-order valence-corrected chi connectivity index (χ2v) is 3.47. The summed E-state index contributed by atoms with van der Waals surface area (Å²) in [4.78, 5) is 8.23. The van der Waals surface area contributed by atoms with Gasteiger partial charge in [-0.3, -0.25) is 5.10 Å². The van der Waals surface area contributed by atoms with Crippen LogP contribution in [0.3, 0.4) is 0 Å². The van der Waals surface area contributed by atoms with E-state index in [1.165, 1.54) is 6.07 Å². The molecule has 84 valence electrons. The number of rotatable bonds is 2. The normalized spacial score (nSPS) is 10.6. The number of nitrogens with one attached hydrogen (secondary N) is 2. The molecule has 0 aliphatic carbocycles. The first-order valence-corrected chi connectivity index (χ1v) is 5.00. The van der Waals surface area contributed by atoms with Gasteiger partial charge in [-0.15, -0.1) is 0 Å². The average molecular weight is 229 g/mol. The quantitative estimate of drug-likeness (QED) is 0.707. The van der Waals surface area contributed by atoms with Crippen LogP contribution in [-0.2, 0) is 0 Å². The van der Waals surface area contributed by atoms with Gasteiger partial charge in [0, 0.05) is 6.20 Å². The number of anilines is 2. The van der Waals surface area contributed by atoms with Crippen LogP contribution in [0.15, 0.2) is 36.7 Å². The number of H-pyrrole nitrogens is 1. The lowest BCUT2D eigenvalue weighted by Crippen LogP contribution is -1.98. The molecule has 0 fully saturated rings. The molecule has 0 aliphatic rings. The smallest absolute Gasteiger partial charge is 0.229 e. The number of aromatic nitrogens is 4. The van der Waals surface area contributed by atoms with Crippen molar-refractivity contribution >= 4 is 22.7 Å². The van der Waals surface area contributed by atoms with Gasteiger partial charge in [0.15, 0.2) is 5.65 Å². The highest BCUT2D eigenvalue weighted by molar-refractivity contribution is 5.74. The second kappa shape index (κ2) is 3.82. The lowest BCUT2D eigenvalue weighted by atomic mass is 10.3. The predicted molar refractivity (Wildman–Crippen MR) is 61.4 cm³/mol. The zero-order chi connectivity index (χ0) is 11.7. The monoisotopic (exact) mass is 229 g/mol. The minimum absolute atomic E-state index is 0.326. The number of fused-ring (bicyclic) bond motifs is 1. The maximum absolute atomic E-state index is 13.4. The van der Waals surface area contributed by atoms with Gasteiger partial charge >= 0.3 is 0 Å². The van der Waals surface area contributed by atoms with Crippen LogP contribution in [0.1, 0.15) is 0 Å². The summed E-state index contributed by atoms with van der Waals surface area (Å²) in [7, 11) is 0. The van der Waals surface area contributed by atoms with Crippen LogP contribution in [0, 0.1) is 5.82 Å². The zero-order valence-corrected chi connectivity index (χ0v) is 8.68. The van der Waals surface area contributed by atoms with E-state index in [1.54, 1.807) is 30.6 Å². The van der Waals surface area contributed by atoms with Crippen molar-refractivity contribution in [3.8, 4) is 0 Å². The van der Waals surface area contributed by atoms with Crippen molar-refractivity contribution in [2.24, 2.45) is 0 Å². The molecule has 2 heterocycles. The Morgan fingerprint density at radius 1 is 1.18 bits per heavy atom. The molecule has 2 aromatic heterocycles. The lowest BCUT2D eigenvalue weighted by Gasteiger charge is -2.04. The predicted octanol–water partition coefficient (Wildman–Crippen LogP) is 2.24. The van der Waals surface area contributed by atoms with Gasteiger partial charge in [0.1, 0.15) is 5.82 Å². The van der Waals surface area contributed by atoms with Gasteiger partial charge in [-0.1, -0.05) is 12.1 Å². The first-order chi connectivity index (χ1) is 8.33. The molecule has 2 N–H and O–H groups in total. The van der Waals surface area contributed by atoms with Crippen molar-refractivity contribution in [2.75, 3.05) is 5.32 Å². The van der Waals surface area contributed by atoms with E-state index in [-0.39, 0.29) is 5.82 Å². The topological polar surface area (TPSA) is 66.5 Å². The number of aromatic amines is 1. The molecule has 6 heteroatoms. The first kappa shape index (κ1) is 9.71. The van der Waals surface area contributed by atoms with E-state index in [1.807, 2.05) is 0 Å². The van der Waals surface area contributed by atoms with Crippen LogP contribution < -0.4 is 5.32 Å². The van der Waals surface area contributed by atoms with Gasteiger partial charge in [0.05, 0.1) is 17.3 Å². The lowest BCUT2D eigenvalue weighted by molar-refractivity contribution is 0.631. The second-order valence-electron chi connectivity index (χ2n) is 3.47. The van der Waals surface area contributed by atoms with E-state index in [0.717, 1.165) is 5.39 Å². The average Bonchev–Trinajstić information content (AvgIpc) is 2.79. The first-order valence-electron chi connectivity index (χ1n) is 5.00. The van der Waals surface area contributed by atoms with Crippen molar-refractivity contribution in [2.45, 2.75) is 0 Å². The summed E-state index contributed by atoms with van der Waals surface area (Å²) in [6.45, 7) is 0. The maximum atomic E-state index is 13.4. The third-order valence-corrected chi connectivity index (χ3v) is 2.31. The van der Waals surface area contributed by atoms with Crippen molar-refractivity contribution in [3.05, 3.63) is 42.5 Å². The van der Waals surface area contributed by atoms with Crippen LogP contribution in [0.5, 0.6) is 0 Å². The Hall–Kier alpha value is -2.50. The fraction of sp³-hybridized carbons (Fsp3) is 0. The summed E-state index contributed by atoms with van der Waals surface area (Å²) in [5, 5.41) is 10.2. The molecule has 5 nitrogen and oxygen atoms in total. The summed E-state index contributed by atoms with van der Waals surface area (Å²) >= 11 is 0. The van der Waals surface area contributed by atoms with Gasteiger partial charge in [0.2, 0.25) is 5.95 Å². The summed E-state index contributed by atoms with van der Waals surface area (Å²) in [5.74, 6) is -0.0207. The summed E-state index contributed by atoms with van der Waals surface area (Å²) in [6, 6.07) is 6.35. The Balaban J connectivity index is 1.97. The number of benzene rings is 1. The standard InChI is InChI=1S/C11H8FN5/c12-8-3-1-2-4-9(8)15-11-13-5-7-6-14-17-10(7)16-11/h1-6H,(H2,13,14,15,16,17). The van der Waals surface area contributed by atoms with E-state index in [2.05, 4.69) is 25.5 Å². The Morgan fingerprint density at radius 3 is 2.94 bits per heavy atom. The number of halogens is 1. The van der Waals surface area contributed by atoms with Gasteiger partial charge in [-0.05, 0) is 12.1 Å². The molecule has 1 aromatic carbocycles. The Morgan fingerprint density at radius 2 is 2.06 bits per heavy atom. The molecule has 0 saturated carbocycles. The molecule has 0 amide bonds. The minimum Gasteiger partial charge on any atom is -0.322 e. The van der Waals surface area contributed by atoms with Crippen molar-refractivity contribution in [1.29, 1.82) is 0 Å². The maximum Gasteiger partial charge on any atom is 0.229 e. The SMILES string of the molecule is Fc1ccccc1Nc1ncc2cn[nH]c2n1. The van der Waals surface area contributed by atoms with E-state index >= 15 is 0 Å². The van der Waals surface area contributed by atoms with Crippen LogP contribution in [-0.4, -0.2) is 20.2 Å². The summed E-state index contributed by atoms with van der Waals surface area (Å²) in [6.07, 6.45) is 3.25. The number of nitrogens with zero attached hydrogens (tertiary/aromatic N) is 3. The molecule has 0 atom stereocenters. The minimum atomic E-state index is -0.346. The summed E-state index contributed by atoms with van der Waals surface area (Å²) in [5.41, 5.74) is 0.949. The van der Waals surface area contributed by atoms with Crippen LogP contribution in [0.2, 0.25) is 0 Å². The molecular formula is C11H8FN5. The number of para-hydroxylation sites is 1. The molecule has 0 spiro atoms. The molecular weight excluding hydrogens is 221 g/mol. The molecule has 0 unspecified atom stereocenters. The zero-order valence-electron chi connectivity index (χ0n) is 8.68. The third-order valence-electron chi connectivity index (χ3n) is 2.31. The third kappa shape index (κ3) is 1.80. The van der Waals surface area contributed by atoms with Gasteiger partial charge in [0.25, 0.3) is 0 Å². The number of hydrogen-bond acceptors (Lipinski definition) is 4.